The number of nitrogens with zero attached hydrogens (tertiary/aromatic N) is 2. The van der Waals surface area contributed by atoms with Crippen molar-refractivity contribution in [2.75, 3.05) is 9.80 Å². The Balaban J connectivity index is 1.44. The zero-order chi connectivity index (χ0) is 25.0. The van der Waals surface area contributed by atoms with Crippen LogP contribution in [-0.2, 0) is 0 Å². The lowest BCUT2D eigenvalue weighted by molar-refractivity contribution is 1.25. The second kappa shape index (κ2) is 10.0. The lowest BCUT2D eigenvalue weighted by Gasteiger charge is -2.28. The monoisotopic (exact) mass is 476 g/mol. The van der Waals surface area contributed by atoms with Gasteiger partial charge in [-0.1, -0.05) is 84.4 Å². The van der Waals surface area contributed by atoms with Crippen molar-refractivity contribution in [3.63, 3.8) is 0 Å². The SMILES string of the molecule is Cc1ccc(N(c2ccccc2)c2ccc(N(c3ccccc3)c3ccc4ccccc4c3)cc2)cc1. The van der Waals surface area contributed by atoms with Gasteiger partial charge in [-0.2, -0.15) is 0 Å². The number of rotatable bonds is 6. The lowest BCUT2D eigenvalue weighted by Crippen LogP contribution is -2.12. The Bertz CT molecular complexity index is 1610. The van der Waals surface area contributed by atoms with E-state index < -0.39 is 0 Å². The molecule has 37 heavy (non-hydrogen) atoms. The van der Waals surface area contributed by atoms with Crippen LogP contribution in [0.3, 0.4) is 0 Å². The zero-order valence-corrected chi connectivity index (χ0v) is 20.8. The molecule has 6 aromatic rings. The first-order chi connectivity index (χ1) is 18.3. The highest BCUT2D eigenvalue weighted by Gasteiger charge is 2.16. The predicted octanol–water partition coefficient (Wildman–Crippen LogP) is 10.1. The van der Waals surface area contributed by atoms with Crippen LogP contribution in [0.1, 0.15) is 5.56 Å². The summed E-state index contributed by atoms with van der Waals surface area (Å²) in [6.07, 6.45) is 0. The summed E-state index contributed by atoms with van der Waals surface area (Å²) in [5.41, 5.74) is 8.01. The summed E-state index contributed by atoms with van der Waals surface area (Å²) in [5, 5.41) is 2.47. The van der Waals surface area contributed by atoms with Crippen molar-refractivity contribution in [3.05, 3.63) is 157 Å². The van der Waals surface area contributed by atoms with Gasteiger partial charge in [0.2, 0.25) is 0 Å². The van der Waals surface area contributed by atoms with Crippen LogP contribution in [0.2, 0.25) is 0 Å². The third-order valence-electron chi connectivity index (χ3n) is 6.68. The maximum atomic E-state index is 2.31. The molecule has 2 heteroatoms. The van der Waals surface area contributed by atoms with E-state index in [1.54, 1.807) is 0 Å². The van der Waals surface area contributed by atoms with E-state index in [2.05, 4.69) is 168 Å². The van der Waals surface area contributed by atoms with Gasteiger partial charge in [-0.3, -0.25) is 0 Å². The fraction of sp³-hybridized carbons (Fsp3) is 0.0286. The lowest BCUT2D eigenvalue weighted by atomic mass is 10.1. The number of benzene rings is 6. The zero-order valence-electron chi connectivity index (χ0n) is 20.8. The Morgan fingerprint density at radius 1 is 0.324 bits per heavy atom. The van der Waals surface area contributed by atoms with Crippen molar-refractivity contribution < 1.29 is 0 Å². The van der Waals surface area contributed by atoms with Crippen LogP contribution < -0.4 is 9.80 Å². The van der Waals surface area contributed by atoms with E-state index in [4.69, 9.17) is 0 Å². The molecule has 0 spiro atoms. The van der Waals surface area contributed by atoms with Gasteiger partial charge < -0.3 is 9.80 Å². The third-order valence-corrected chi connectivity index (χ3v) is 6.68. The summed E-state index contributed by atoms with van der Waals surface area (Å²) < 4.78 is 0. The average Bonchev–Trinajstić information content (AvgIpc) is 2.96. The summed E-state index contributed by atoms with van der Waals surface area (Å²) in [7, 11) is 0. The van der Waals surface area contributed by atoms with Crippen molar-refractivity contribution in [1.82, 2.24) is 0 Å². The molecule has 6 rings (SSSR count). The summed E-state index contributed by atoms with van der Waals surface area (Å²) in [6, 6.07) is 53.8. The quantitative estimate of drug-likeness (QED) is 0.236. The molecule has 0 heterocycles. The summed E-state index contributed by atoms with van der Waals surface area (Å²) in [4.78, 5) is 4.61. The standard InChI is InChI=1S/C35H28N2/c1-27-16-19-32(20-17-27)36(30-12-4-2-5-13-30)33-22-24-34(25-23-33)37(31-14-6-3-7-15-31)35-21-18-28-10-8-9-11-29(28)26-35/h2-26H,1H3. The minimum atomic E-state index is 1.11. The van der Waals surface area contributed by atoms with Crippen LogP contribution >= 0.6 is 0 Å². The van der Waals surface area contributed by atoms with Gasteiger partial charge in [0, 0.05) is 34.1 Å². The topological polar surface area (TPSA) is 6.48 Å². The molecule has 0 unspecified atom stereocenters. The Labute approximate surface area is 218 Å². The average molecular weight is 477 g/mol. The Hall–Kier alpha value is -4.82. The summed E-state index contributed by atoms with van der Waals surface area (Å²) >= 11 is 0. The molecular formula is C35H28N2. The second-order valence-electron chi connectivity index (χ2n) is 9.23. The molecule has 0 atom stereocenters. The summed E-state index contributed by atoms with van der Waals surface area (Å²) in [5.74, 6) is 0. The van der Waals surface area contributed by atoms with Crippen molar-refractivity contribution in [2.24, 2.45) is 0 Å². The molecule has 0 saturated heterocycles. The fourth-order valence-electron chi connectivity index (χ4n) is 4.81. The van der Waals surface area contributed by atoms with E-state index in [9.17, 15) is 0 Å². The van der Waals surface area contributed by atoms with E-state index in [1.807, 2.05) is 0 Å². The Morgan fingerprint density at radius 3 is 1.24 bits per heavy atom. The van der Waals surface area contributed by atoms with E-state index in [1.165, 1.54) is 16.3 Å². The van der Waals surface area contributed by atoms with Gasteiger partial charge in [0.25, 0.3) is 0 Å². The largest absolute Gasteiger partial charge is 0.311 e. The van der Waals surface area contributed by atoms with Gasteiger partial charge >= 0.3 is 0 Å². The van der Waals surface area contributed by atoms with Crippen molar-refractivity contribution in [3.8, 4) is 0 Å². The van der Waals surface area contributed by atoms with E-state index in [0.717, 1.165) is 34.1 Å². The van der Waals surface area contributed by atoms with Gasteiger partial charge in [-0.15, -0.1) is 0 Å². The molecule has 0 aliphatic heterocycles. The van der Waals surface area contributed by atoms with Gasteiger partial charge in [0.15, 0.2) is 0 Å². The van der Waals surface area contributed by atoms with E-state index >= 15 is 0 Å². The molecule has 0 N–H and O–H groups in total. The van der Waals surface area contributed by atoms with Crippen LogP contribution in [0.15, 0.2) is 152 Å². The van der Waals surface area contributed by atoms with E-state index in [-0.39, 0.29) is 0 Å². The number of hydrogen-bond donors (Lipinski definition) is 0. The third kappa shape index (κ3) is 4.70. The van der Waals surface area contributed by atoms with Crippen LogP contribution in [0.25, 0.3) is 10.8 Å². The summed E-state index contributed by atoms with van der Waals surface area (Å²) in [6.45, 7) is 2.12. The molecule has 0 aliphatic rings. The van der Waals surface area contributed by atoms with Gasteiger partial charge in [-0.05, 0) is 90.5 Å². The molecule has 0 amide bonds. The van der Waals surface area contributed by atoms with Gasteiger partial charge in [0.1, 0.15) is 0 Å². The molecule has 0 fully saturated rings. The predicted molar refractivity (Wildman–Crippen MR) is 158 cm³/mol. The number of hydrogen-bond acceptors (Lipinski definition) is 2. The molecule has 0 saturated carbocycles. The van der Waals surface area contributed by atoms with Crippen molar-refractivity contribution >= 4 is 44.9 Å². The van der Waals surface area contributed by atoms with Gasteiger partial charge in [-0.25, -0.2) is 0 Å². The van der Waals surface area contributed by atoms with Crippen LogP contribution in [0.4, 0.5) is 34.1 Å². The highest BCUT2D eigenvalue weighted by molar-refractivity contribution is 5.89. The number of para-hydroxylation sites is 2. The van der Waals surface area contributed by atoms with Gasteiger partial charge in [0.05, 0.1) is 0 Å². The second-order valence-corrected chi connectivity index (χ2v) is 9.23. The smallest absolute Gasteiger partial charge is 0.0468 e. The normalized spacial score (nSPS) is 10.8. The van der Waals surface area contributed by atoms with Crippen LogP contribution in [0.5, 0.6) is 0 Å². The molecule has 0 radical (unpaired) electrons. The van der Waals surface area contributed by atoms with E-state index in [0.29, 0.717) is 0 Å². The minimum Gasteiger partial charge on any atom is -0.311 e. The first kappa shape index (κ1) is 22.6. The molecule has 0 aromatic heterocycles. The maximum absolute atomic E-state index is 2.31. The molecular weight excluding hydrogens is 448 g/mol. The van der Waals surface area contributed by atoms with Crippen LogP contribution in [-0.4, -0.2) is 0 Å². The number of anilines is 6. The first-order valence-electron chi connectivity index (χ1n) is 12.6. The highest BCUT2D eigenvalue weighted by atomic mass is 15.2. The molecule has 0 bridgehead atoms. The molecule has 6 aromatic carbocycles. The fourth-order valence-corrected chi connectivity index (χ4v) is 4.81. The Kier molecular flexibility index (Phi) is 6.14. The highest BCUT2D eigenvalue weighted by Crippen LogP contribution is 2.39. The van der Waals surface area contributed by atoms with Crippen molar-refractivity contribution in [1.29, 1.82) is 0 Å². The van der Waals surface area contributed by atoms with Crippen LogP contribution in [0, 0.1) is 6.92 Å². The minimum absolute atomic E-state index is 1.11. The number of aryl methyl sites for hydroxylation is 1. The van der Waals surface area contributed by atoms with Crippen molar-refractivity contribution in [2.45, 2.75) is 6.92 Å². The molecule has 2 nitrogen and oxygen atoms in total. The Morgan fingerprint density at radius 2 is 0.703 bits per heavy atom. The number of fused-ring (bicyclic) bond motifs is 1. The molecule has 0 aliphatic carbocycles. The first-order valence-corrected chi connectivity index (χ1v) is 12.6. The molecule has 178 valence electrons. The maximum Gasteiger partial charge on any atom is 0.0468 e.